The molecule has 0 aliphatic heterocycles. The first-order valence-electron chi connectivity index (χ1n) is 9.08. The van der Waals surface area contributed by atoms with Gasteiger partial charge >= 0.3 is 0 Å². The van der Waals surface area contributed by atoms with Crippen LogP contribution in [0.4, 0.5) is 0 Å². The van der Waals surface area contributed by atoms with Crippen molar-refractivity contribution in [2.45, 2.75) is 0 Å². The van der Waals surface area contributed by atoms with E-state index < -0.39 is 0 Å². The molecule has 6 rings (SSSR count). The van der Waals surface area contributed by atoms with Gasteiger partial charge in [-0.3, -0.25) is 20.2 Å². The fourth-order valence-electron chi connectivity index (χ4n) is 3.61. The van der Waals surface area contributed by atoms with E-state index in [0.29, 0.717) is 0 Å². The van der Waals surface area contributed by atoms with Crippen molar-refractivity contribution in [3.8, 4) is 33.8 Å². The van der Waals surface area contributed by atoms with Gasteiger partial charge in [0.05, 0.1) is 29.3 Å². The topological polar surface area (TPSA) is 112 Å². The number of H-pyrrole nitrogens is 3. The predicted octanol–water partition coefficient (Wildman–Crippen LogP) is 3.95. The normalized spacial score (nSPS) is 11.4. The number of hydrogen-bond acceptors (Lipinski definition) is 5. The molecular formula is C21H14N8. The van der Waals surface area contributed by atoms with Crippen LogP contribution in [0.1, 0.15) is 0 Å². The van der Waals surface area contributed by atoms with Crippen molar-refractivity contribution in [2.75, 3.05) is 0 Å². The molecule has 3 N–H and O–H groups in total. The molecule has 29 heavy (non-hydrogen) atoms. The van der Waals surface area contributed by atoms with Crippen LogP contribution in [0.5, 0.6) is 0 Å². The summed E-state index contributed by atoms with van der Waals surface area (Å²) in [7, 11) is 0. The maximum absolute atomic E-state index is 4.53. The van der Waals surface area contributed by atoms with Crippen LogP contribution in [-0.4, -0.2) is 40.3 Å². The Hall–Kier alpha value is -4.33. The van der Waals surface area contributed by atoms with Gasteiger partial charge in [-0.2, -0.15) is 10.2 Å². The maximum atomic E-state index is 4.53. The Bertz CT molecular complexity index is 1440. The van der Waals surface area contributed by atoms with Crippen molar-refractivity contribution in [2.24, 2.45) is 0 Å². The summed E-state index contributed by atoms with van der Waals surface area (Å²) in [4.78, 5) is 16.5. The molecule has 0 saturated heterocycles. The van der Waals surface area contributed by atoms with E-state index in [1.807, 2.05) is 36.7 Å². The van der Waals surface area contributed by atoms with Gasteiger partial charge in [-0.15, -0.1) is 0 Å². The van der Waals surface area contributed by atoms with Crippen LogP contribution in [0.25, 0.3) is 55.7 Å². The van der Waals surface area contributed by atoms with Crippen LogP contribution in [0.15, 0.2) is 67.5 Å². The van der Waals surface area contributed by atoms with E-state index in [1.54, 1.807) is 24.8 Å². The van der Waals surface area contributed by atoms with Crippen molar-refractivity contribution >= 4 is 21.9 Å². The van der Waals surface area contributed by atoms with Gasteiger partial charge in [0.25, 0.3) is 0 Å². The highest BCUT2D eigenvalue weighted by atomic mass is 15.1. The fraction of sp³-hybridized carbons (Fsp3) is 0. The van der Waals surface area contributed by atoms with Crippen LogP contribution in [0.3, 0.4) is 0 Å². The molecule has 0 aromatic carbocycles. The van der Waals surface area contributed by atoms with Gasteiger partial charge in [0.2, 0.25) is 0 Å². The van der Waals surface area contributed by atoms with Gasteiger partial charge < -0.3 is 4.98 Å². The lowest BCUT2D eigenvalue weighted by atomic mass is 10.0. The molecule has 0 aliphatic rings. The molecule has 138 valence electrons. The van der Waals surface area contributed by atoms with Gasteiger partial charge in [0.15, 0.2) is 0 Å². The Labute approximate surface area is 164 Å². The van der Waals surface area contributed by atoms with E-state index in [4.69, 9.17) is 0 Å². The molecule has 6 aromatic rings. The molecule has 0 unspecified atom stereocenters. The van der Waals surface area contributed by atoms with Crippen molar-refractivity contribution < 1.29 is 0 Å². The zero-order valence-corrected chi connectivity index (χ0v) is 15.1. The molecule has 0 bridgehead atoms. The molecule has 0 atom stereocenters. The van der Waals surface area contributed by atoms with Crippen LogP contribution >= 0.6 is 0 Å². The summed E-state index contributed by atoms with van der Waals surface area (Å²) in [6.45, 7) is 0. The molecule has 0 radical (unpaired) electrons. The zero-order chi connectivity index (χ0) is 19.2. The second kappa shape index (κ2) is 6.10. The number of aromatic amines is 3. The monoisotopic (exact) mass is 378 g/mol. The Morgan fingerprint density at radius 3 is 2.62 bits per heavy atom. The Morgan fingerprint density at radius 2 is 1.76 bits per heavy atom. The van der Waals surface area contributed by atoms with E-state index >= 15 is 0 Å². The minimum absolute atomic E-state index is 0.814. The Morgan fingerprint density at radius 1 is 0.828 bits per heavy atom. The summed E-state index contributed by atoms with van der Waals surface area (Å²) >= 11 is 0. The minimum atomic E-state index is 0.814. The third-order valence-corrected chi connectivity index (χ3v) is 5.02. The Balaban J connectivity index is 1.54. The molecule has 0 saturated carbocycles. The zero-order valence-electron chi connectivity index (χ0n) is 15.1. The van der Waals surface area contributed by atoms with Gasteiger partial charge in [-0.25, -0.2) is 4.98 Å². The summed E-state index contributed by atoms with van der Waals surface area (Å²) in [6, 6.07) is 10.1. The van der Waals surface area contributed by atoms with Gasteiger partial charge in [0.1, 0.15) is 11.3 Å². The van der Waals surface area contributed by atoms with E-state index in [1.165, 1.54) is 0 Å². The smallest absolute Gasteiger partial charge is 0.138 e. The second-order valence-corrected chi connectivity index (χ2v) is 6.71. The minimum Gasteiger partial charge on any atom is -0.338 e. The SMILES string of the molecule is c1cc(-c2ccnc3[nH]c(-c4n[nH]c5cnc(-c6cn[nH]c6)cc45)cc23)ccn1. The van der Waals surface area contributed by atoms with E-state index in [-0.39, 0.29) is 0 Å². The molecule has 0 fully saturated rings. The van der Waals surface area contributed by atoms with Crippen LogP contribution < -0.4 is 0 Å². The van der Waals surface area contributed by atoms with Gasteiger partial charge in [-0.05, 0) is 41.5 Å². The molecule has 0 amide bonds. The summed E-state index contributed by atoms with van der Waals surface area (Å²) in [5, 5.41) is 16.4. The van der Waals surface area contributed by atoms with Crippen molar-refractivity contribution in [1.29, 1.82) is 0 Å². The number of aromatic nitrogens is 8. The average Bonchev–Trinajstić information content (AvgIpc) is 3.52. The van der Waals surface area contributed by atoms with Crippen LogP contribution in [0.2, 0.25) is 0 Å². The summed E-state index contributed by atoms with van der Waals surface area (Å²) in [5.41, 5.74) is 7.35. The first kappa shape index (κ1) is 15.7. The third kappa shape index (κ3) is 2.50. The molecular weight excluding hydrogens is 364 g/mol. The Kier molecular flexibility index (Phi) is 3.30. The standard InChI is InChI=1S/C21H14N8/c1-4-22-5-2-12(1)14-3-6-23-21-15(14)7-18(27-21)20-16-8-17(13-9-25-26-10-13)24-11-19(16)28-29-20/h1-11H,(H,23,27)(H,25,26)(H,28,29). The molecule has 8 nitrogen and oxygen atoms in total. The lowest BCUT2D eigenvalue weighted by Gasteiger charge is -2.01. The predicted molar refractivity (Wildman–Crippen MR) is 110 cm³/mol. The second-order valence-electron chi connectivity index (χ2n) is 6.71. The highest BCUT2D eigenvalue weighted by Crippen LogP contribution is 2.33. The summed E-state index contributed by atoms with van der Waals surface area (Å²) < 4.78 is 0. The van der Waals surface area contributed by atoms with Gasteiger partial charge in [-0.1, -0.05) is 0 Å². The lowest BCUT2D eigenvalue weighted by Crippen LogP contribution is -1.83. The maximum Gasteiger partial charge on any atom is 0.138 e. The number of nitrogens with zero attached hydrogens (tertiary/aromatic N) is 5. The molecule has 0 spiro atoms. The number of rotatable bonds is 3. The number of hydrogen-bond donors (Lipinski definition) is 3. The quantitative estimate of drug-likeness (QED) is 0.432. The average molecular weight is 378 g/mol. The van der Waals surface area contributed by atoms with Crippen molar-refractivity contribution in [3.63, 3.8) is 0 Å². The largest absolute Gasteiger partial charge is 0.338 e. The first-order chi connectivity index (χ1) is 14.4. The van der Waals surface area contributed by atoms with E-state index in [9.17, 15) is 0 Å². The van der Waals surface area contributed by atoms with Gasteiger partial charge in [0, 0.05) is 41.1 Å². The molecule has 0 aliphatic carbocycles. The third-order valence-electron chi connectivity index (χ3n) is 5.02. The van der Waals surface area contributed by atoms with Crippen molar-refractivity contribution in [1.82, 2.24) is 40.3 Å². The number of nitrogens with one attached hydrogen (secondary N) is 3. The van der Waals surface area contributed by atoms with E-state index in [2.05, 4.69) is 46.4 Å². The number of fused-ring (bicyclic) bond motifs is 2. The first-order valence-corrected chi connectivity index (χ1v) is 9.08. The fourth-order valence-corrected chi connectivity index (χ4v) is 3.61. The van der Waals surface area contributed by atoms with Crippen LogP contribution in [0, 0.1) is 0 Å². The highest BCUT2D eigenvalue weighted by Gasteiger charge is 2.15. The molecule has 8 heteroatoms. The highest BCUT2D eigenvalue weighted by molar-refractivity contribution is 6.00. The van der Waals surface area contributed by atoms with Crippen LogP contribution in [-0.2, 0) is 0 Å². The number of pyridine rings is 3. The summed E-state index contributed by atoms with van der Waals surface area (Å²) in [5.74, 6) is 0. The lowest BCUT2D eigenvalue weighted by molar-refractivity contribution is 1.09. The van der Waals surface area contributed by atoms with E-state index in [0.717, 1.165) is 55.7 Å². The van der Waals surface area contributed by atoms with Crippen molar-refractivity contribution in [3.05, 3.63) is 67.5 Å². The summed E-state index contributed by atoms with van der Waals surface area (Å²) in [6.07, 6.45) is 10.8. The molecule has 6 heterocycles. The molecule has 6 aromatic heterocycles.